The first kappa shape index (κ1) is 10.6. The second-order valence-corrected chi connectivity index (χ2v) is 5.32. The van der Waals surface area contributed by atoms with Gasteiger partial charge in [0.25, 0.3) is 0 Å². The molecule has 15 heavy (non-hydrogen) atoms. The van der Waals surface area contributed by atoms with Crippen molar-refractivity contribution in [1.82, 2.24) is 14.3 Å². The summed E-state index contributed by atoms with van der Waals surface area (Å²) in [5.41, 5.74) is 5.71. The van der Waals surface area contributed by atoms with E-state index in [0.717, 1.165) is 24.8 Å². The molecular weight excluding hydrogens is 210 g/mol. The average Bonchev–Trinajstić information content (AvgIpc) is 2.57. The number of aromatic nitrogens is 2. The quantitative estimate of drug-likeness (QED) is 0.763. The predicted octanol–water partition coefficient (Wildman–Crippen LogP) is 0.651. The van der Waals surface area contributed by atoms with Crippen molar-refractivity contribution < 1.29 is 0 Å². The van der Waals surface area contributed by atoms with Gasteiger partial charge in [-0.05, 0) is 20.9 Å². The van der Waals surface area contributed by atoms with Crippen LogP contribution in [0.3, 0.4) is 0 Å². The molecule has 6 heteroatoms. The van der Waals surface area contributed by atoms with E-state index in [-0.39, 0.29) is 5.54 Å². The minimum Gasteiger partial charge on any atom is -0.367 e. The Morgan fingerprint density at radius 1 is 1.40 bits per heavy atom. The van der Waals surface area contributed by atoms with Gasteiger partial charge in [0.05, 0.1) is 0 Å². The Hall–Kier alpha value is -0.880. The highest BCUT2D eigenvalue weighted by Crippen LogP contribution is 2.25. The van der Waals surface area contributed by atoms with E-state index in [0.29, 0.717) is 5.95 Å². The molecule has 0 unspecified atom stereocenters. The van der Waals surface area contributed by atoms with Gasteiger partial charge in [0.15, 0.2) is 0 Å². The molecular formula is C9H17N5S. The molecule has 0 bridgehead atoms. The van der Waals surface area contributed by atoms with Gasteiger partial charge < -0.3 is 10.6 Å². The average molecular weight is 227 g/mol. The van der Waals surface area contributed by atoms with E-state index in [1.54, 1.807) is 0 Å². The van der Waals surface area contributed by atoms with Crippen LogP contribution in [0.5, 0.6) is 0 Å². The molecule has 2 heterocycles. The standard InChI is InChI=1S/C9H17N5S/c1-9(2)6-14(5-4-13(9)3)8-11-7(10)12-15-8/h4-6H2,1-3H3,(H2,10,12). The van der Waals surface area contributed by atoms with Crippen LogP contribution in [0, 0.1) is 0 Å². The summed E-state index contributed by atoms with van der Waals surface area (Å²) in [6.45, 7) is 7.49. The number of hydrogen-bond acceptors (Lipinski definition) is 6. The van der Waals surface area contributed by atoms with E-state index in [2.05, 4.69) is 40.1 Å². The molecule has 1 fully saturated rings. The largest absolute Gasteiger partial charge is 0.367 e. The van der Waals surface area contributed by atoms with Gasteiger partial charge in [-0.3, -0.25) is 4.90 Å². The highest BCUT2D eigenvalue weighted by Gasteiger charge is 2.32. The molecule has 0 amide bonds. The third-order valence-corrected chi connectivity index (χ3v) is 3.81. The summed E-state index contributed by atoms with van der Waals surface area (Å²) in [7, 11) is 2.16. The van der Waals surface area contributed by atoms with Crippen molar-refractivity contribution in [2.75, 3.05) is 37.3 Å². The fraction of sp³-hybridized carbons (Fsp3) is 0.778. The molecule has 1 aliphatic rings. The molecule has 1 aliphatic heterocycles. The maximum atomic E-state index is 5.53. The summed E-state index contributed by atoms with van der Waals surface area (Å²) in [4.78, 5) is 8.84. The first-order chi connectivity index (χ1) is 6.99. The highest BCUT2D eigenvalue weighted by atomic mass is 32.1. The Morgan fingerprint density at radius 3 is 2.67 bits per heavy atom. The SMILES string of the molecule is CN1CCN(c2nc(N)ns2)CC1(C)C. The van der Waals surface area contributed by atoms with Crippen LogP contribution < -0.4 is 10.6 Å². The van der Waals surface area contributed by atoms with Gasteiger partial charge in [0, 0.05) is 36.7 Å². The van der Waals surface area contributed by atoms with Gasteiger partial charge in [-0.1, -0.05) is 0 Å². The Kier molecular flexibility index (Phi) is 2.56. The van der Waals surface area contributed by atoms with Crippen molar-refractivity contribution >= 4 is 22.6 Å². The molecule has 2 N–H and O–H groups in total. The van der Waals surface area contributed by atoms with Crippen LogP contribution in [0.4, 0.5) is 11.1 Å². The zero-order valence-corrected chi connectivity index (χ0v) is 10.2. The van der Waals surface area contributed by atoms with Gasteiger partial charge in [0.1, 0.15) is 0 Å². The Balaban J connectivity index is 2.13. The predicted molar refractivity (Wildman–Crippen MR) is 63.2 cm³/mol. The van der Waals surface area contributed by atoms with Crippen LogP contribution in [0.2, 0.25) is 0 Å². The van der Waals surface area contributed by atoms with Gasteiger partial charge >= 0.3 is 0 Å². The normalized spacial score (nSPS) is 21.9. The van der Waals surface area contributed by atoms with E-state index in [1.165, 1.54) is 11.5 Å². The van der Waals surface area contributed by atoms with Crippen molar-refractivity contribution in [3.05, 3.63) is 0 Å². The molecule has 1 aromatic rings. The summed E-state index contributed by atoms with van der Waals surface area (Å²) >= 11 is 1.38. The minimum atomic E-state index is 0.179. The van der Waals surface area contributed by atoms with Crippen molar-refractivity contribution in [3.63, 3.8) is 0 Å². The summed E-state index contributed by atoms with van der Waals surface area (Å²) in [6, 6.07) is 0. The molecule has 0 saturated carbocycles. The molecule has 84 valence electrons. The van der Waals surface area contributed by atoms with E-state index >= 15 is 0 Å². The van der Waals surface area contributed by atoms with Crippen molar-refractivity contribution in [2.45, 2.75) is 19.4 Å². The van der Waals surface area contributed by atoms with Crippen molar-refractivity contribution in [1.29, 1.82) is 0 Å². The molecule has 1 aromatic heterocycles. The second kappa shape index (κ2) is 3.61. The lowest BCUT2D eigenvalue weighted by Crippen LogP contribution is -2.57. The zero-order valence-electron chi connectivity index (χ0n) is 9.40. The van der Waals surface area contributed by atoms with Crippen LogP contribution in [0.25, 0.3) is 0 Å². The summed E-state index contributed by atoms with van der Waals surface area (Å²) in [5.74, 6) is 0.381. The molecule has 0 atom stereocenters. The van der Waals surface area contributed by atoms with E-state index < -0.39 is 0 Å². The first-order valence-electron chi connectivity index (χ1n) is 5.04. The van der Waals surface area contributed by atoms with Gasteiger partial charge in [-0.25, -0.2) is 0 Å². The molecule has 0 radical (unpaired) electrons. The zero-order chi connectivity index (χ0) is 11.1. The Morgan fingerprint density at radius 2 is 2.13 bits per heavy atom. The van der Waals surface area contributed by atoms with Crippen LogP contribution in [0.1, 0.15) is 13.8 Å². The van der Waals surface area contributed by atoms with E-state index in [1.807, 2.05) is 0 Å². The molecule has 2 rings (SSSR count). The van der Waals surface area contributed by atoms with Gasteiger partial charge in [-0.15, -0.1) is 0 Å². The minimum absolute atomic E-state index is 0.179. The number of piperazine rings is 1. The van der Waals surface area contributed by atoms with Crippen LogP contribution in [-0.4, -0.2) is 46.5 Å². The molecule has 5 nitrogen and oxygen atoms in total. The smallest absolute Gasteiger partial charge is 0.233 e. The number of likely N-dealkylation sites (N-methyl/N-ethyl adjacent to an activating group) is 1. The third kappa shape index (κ3) is 2.05. The highest BCUT2D eigenvalue weighted by molar-refractivity contribution is 7.09. The van der Waals surface area contributed by atoms with Crippen molar-refractivity contribution in [2.24, 2.45) is 0 Å². The van der Waals surface area contributed by atoms with E-state index in [9.17, 15) is 0 Å². The number of anilines is 2. The van der Waals surface area contributed by atoms with Crippen molar-refractivity contribution in [3.8, 4) is 0 Å². The maximum absolute atomic E-state index is 5.53. The lowest BCUT2D eigenvalue weighted by atomic mass is 10.0. The lowest BCUT2D eigenvalue weighted by molar-refractivity contribution is 0.139. The molecule has 0 spiro atoms. The number of nitrogens with zero attached hydrogens (tertiary/aromatic N) is 4. The number of nitrogen functional groups attached to an aromatic ring is 1. The van der Waals surface area contributed by atoms with Gasteiger partial charge in [-0.2, -0.15) is 9.36 Å². The monoisotopic (exact) mass is 227 g/mol. The second-order valence-electron chi connectivity index (χ2n) is 4.59. The molecule has 1 saturated heterocycles. The summed E-state index contributed by atoms with van der Waals surface area (Å²) in [6.07, 6.45) is 0. The summed E-state index contributed by atoms with van der Waals surface area (Å²) in [5, 5.41) is 0.939. The van der Waals surface area contributed by atoms with Crippen LogP contribution in [-0.2, 0) is 0 Å². The fourth-order valence-corrected chi connectivity index (χ4v) is 2.38. The molecule has 0 aromatic carbocycles. The van der Waals surface area contributed by atoms with E-state index in [4.69, 9.17) is 5.73 Å². The fourth-order valence-electron chi connectivity index (χ4n) is 1.76. The number of nitrogens with two attached hydrogens (primary N) is 1. The third-order valence-electron chi connectivity index (χ3n) is 3.02. The van der Waals surface area contributed by atoms with Crippen LogP contribution in [0.15, 0.2) is 0 Å². The Labute approximate surface area is 94.1 Å². The van der Waals surface area contributed by atoms with Gasteiger partial charge in [0.2, 0.25) is 11.1 Å². The number of rotatable bonds is 1. The Bertz CT molecular complexity index is 348. The van der Waals surface area contributed by atoms with Crippen LogP contribution >= 0.6 is 11.5 Å². The molecule has 0 aliphatic carbocycles. The summed E-state index contributed by atoms with van der Waals surface area (Å²) < 4.78 is 4.01. The topological polar surface area (TPSA) is 58.3 Å². The number of hydrogen-bond donors (Lipinski definition) is 1. The lowest BCUT2D eigenvalue weighted by Gasteiger charge is -2.45. The maximum Gasteiger partial charge on any atom is 0.233 e. The first-order valence-corrected chi connectivity index (χ1v) is 5.82.